The third kappa shape index (κ3) is 3.83. The van der Waals surface area contributed by atoms with E-state index in [0.29, 0.717) is 14.4 Å². The van der Waals surface area contributed by atoms with E-state index in [4.69, 9.17) is 0 Å². The number of allylic oxidation sites excluding steroid dienone is 1. The number of nitrogens with one attached hydrogen (secondary N) is 1. The van der Waals surface area contributed by atoms with Gasteiger partial charge in [0.1, 0.15) is 0 Å². The van der Waals surface area contributed by atoms with Gasteiger partial charge in [-0.15, -0.1) is 0 Å². The maximum atomic E-state index is 11.2. The molecule has 2 atom stereocenters. The van der Waals surface area contributed by atoms with Crippen LogP contribution in [0.15, 0.2) is 61.2 Å². The van der Waals surface area contributed by atoms with Crippen molar-refractivity contribution < 1.29 is 4.79 Å². The molecule has 2 aromatic rings. The van der Waals surface area contributed by atoms with Crippen molar-refractivity contribution in [3.8, 4) is 0 Å². The van der Waals surface area contributed by atoms with Crippen LogP contribution < -0.4 is 5.09 Å². The van der Waals surface area contributed by atoms with Gasteiger partial charge in [-0.05, 0) is 62.9 Å². The number of rotatable bonds is 4. The number of hydrogen-bond acceptors (Lipinski definition) is 1. The minimum absolute atomic E-state index is 0.0157. The summed E-state index contributed by atoms with van der Waals surface area (Å²) in [6, 6.07) is 15.1. The molecular formula is C21H22NOP. The second kappa shape index (κ2) is 7.15. The molecule has 2 nitrogen and oxygen atoms in total. The third-order valence-corrected chi connectivity index (χ3v) is 5.50. The third-order valence-electron chi connectivity index (χ3n) is 4.34. The molecule has 1 aliphatic heterocycles. The van der Waals surface area contributed by atoms with E-state index in [0.717, 1.165) is 17.6 Å². The number of aryl methyl sites for hydroxylation is 2. The van der Waals surface area contributed by atoms with E-state index in [1.54, 1.807) is 6.08 Å². The maximum absolute atomic E-state index is 11.2. The van der Waals surface area contributed by atoms with Crippen molar-refractivity contribution in [1.82, 2.24) is 5.09 Å². The number of carbonyl (C=O) groups is 1. The predicted octanol–water partition coefficient (Wildman–Crippen LogP) is 4.56. The van der Waals surface area contributed by atoms with Gasteiger partial charge in [-0.2, -0.15) is 0 Å². The summed E-state index contributed by atoms with van der Waals surface area (Å²) in [6.45, 7) is 8.53. The predicted molar refractivity (Wildman–Crippen MR) is 104 cm³/mol. The molecule has 0 saturated heterocycles. The number of carbonyl (C=O) groups excluding carboxylic acids is 1. The molecule has 3 rings (SSSR count). The van der Waals surface area contributed by atoms with Crippen LogP contribution in [0.5, 0.6) is 0 Å². The Bertz CT molecular complexity index is 805. The highest BCUT2D eigenvalue weighted by Gasteiger charge is 2.14. The van der Waals surface area contributed by atoms with Gasteiger partial charge >= 0.3 is 0 Å². The van der Waals surface area contributed by atoms with Gasteiger partial charge in [-0.1, -0.05) is 60.7 Å². The van der Waals surface area contributed by atoms with Gasteiger partial charge in [0.25, 0.3) is 0 Å². The maximum Gasteiger partial charge on any atom is 0.246 e. The summed E-state index contributed by atoms with van der Waals surface area (Å²) in [5, 5.41) is 2.92. The first kappa shape index (κ1) is 16.7. The largest absolute Gasteiger partial charge is 0.334 e. The Kier molecular flexibility index (Phi) is 4.97. The number of hydrogen-bond donors (Lipinski definition) is 1. The Balaban J connectivity index is 1.83. The SMILES string of the molecule is C=C(c1ccc(C)cc1)c1cc(CC2C=CC(=O)NP2)ccc1C. The van der Waals surface area contributed by atoms with E-state index in [1.165, 1.54) is 22.3 Å². The van der Waals surface area contributed by atoms with Crippen molar-refractivity contribution in [2.45, 2.75) is 25.9 Å². The fraction of sp³-hybridized carbons (Fsp3) is 0.190. The van der Waals surface area contributed by atoms with Crippen molar-refractivity contribution in [3.63, 3.8) is 0 Å². The van der Waals surface area contributed by atoms with E-state index in [2.05, 4.69) is 68.0 Å². The molecule has 122 valence electrons. The van der Waals surface area contributed by atoms with Crippen LogP contribution in [0.2, 0.25) is 0 Å². The van der Waals surface area contributed by atoms with Crippen LogP contribution in [-0.2, 0) is 11.2 Å². The zero-order chi connectivity index (χ0) is 17.1. The molecule has 1 amide bonds. The molecule has 0 spiro atoms. The second-order valence-corrected chi connectivity index (χ2v) is 7.58. The molecule has 2 unspecified atom stereocenters. The summed E-state index contributed by atoms with van der Waals surface area (Å²) in [4.78, 5) is 11.2. The summed E-state index contributed by atoms with van der Waals surface area (Å²) >= 11 is 0. The number of amides is 1. The highest BCUT2D eigenvalue weighted by molar-refractivity contribution is 7.38. The molecule has 0 fully saturated rings. The topological polar surface area (TPSA) is 29.1 Å². The van der Waals surface area contributed by atoms with Crippen LogP contribution in [-0.4, -0.2) is 11.6 Å². The van der Waals surface area contributed by atoms with Crippen molar-refractivity contribution in [3.05, 3.63) is 89.0 Å². The van der Waals surface area contributed by atoms with Gasteiger partial charge in [-0.3, -0.25) is 4.79 Å². The molecule has 0 aromatic heterocycles. The van der Waals surface area contributed by atoms with Crippen LogP contribution in [0.4, 0.5) is 0 Å². The quantitative estimate of drug-likeness (QED) is 0.816. The van der Waals surface area contributed by atoms with E-state index >= 15 is 0 Å². The first-order valence-corrected chi connectivity index (χ1v) is 9.20. The van der Waals surface area contributed by atoms with Gasteiger partial charge in [0.15, 0.2) is 0 Å². The van der Waals surface area contributed by atoms with Gasteiger partial charge < -0.3 is 5.09 Å². The van der Waals surface area contributed by atoms with Gasteiger partial charge in [0.05, 0.1) is 0 Å². The zero-order valence-electron chi connectivity index (χ0n) is 14.1. The van der Waals surface area contributed by atoms with Crippen molar-refractivity contribution in [1.29, 1.82) is 0 Å². The van der Waals surface area contributed by atoms with E-state index in [1.807, 2.05) is 6.08 Å². The van der Waals surface area contributed by atoms with Crippen LogP contribution in [0.25, 0.3) is 5.57 Å². The summed E-state index contributed by atoms with van der Waals surface area (Å²) in [6.07, 6.45) is 4.59. The lowest BCUT2D eigenvalue weighted by atomic mass is 9.92. The highest BCUT2D eigenvalue weighted by atomic mass is 31.1. The highest BCUT2D eigenvalue weighted by Crippen LogP contribution is 2.28. The fourth-order valence-corrected chi connectivity index (χ4v) is 3.80. The molecule has 0 radical (unpaired) electrons. The fourth-order valence-electron chi connectivity index (χ4n) is 2.86. The molecule has 0 saturated carbocycles. The van der Waals surface area contributed by atoms with Crippen LogP contribution in [0, 0.1) is 13.8 Å². The number of benzene rings is 2. The Hall–Kier alpha value is -2.18. The molecule has 1 heterocycles. The molecule has 24 heavy (non-hydrogen) atoms. The molecule has 2 aromatic carbocycles. The van der Waals surface area contributed by atoms with Gasteiger partial charge in [0.2, 0.25) is 5.91 Å². The van der Waals surface area contributed by atoms with Crippen LogP contribution >= 0.6 is 8.73 Å². The molecule has 3 heteroatoms. The summed E-state index contributed by atoms with van der Waals surface area (Å²) in [5.74, 6) is 0.0157. The lowest BCUT2D eigenvalue weighted by Crippen LogP contribution is -2.21. The Morgan fingerprint density at radius 2 is 1.92 bits per heavy atom. The Morgan fingerprint density at radius 3 is 2.58 bits per heavy atom. The Morgan fingerprint density at radius 1 is 1.17 bits per heavy atom. The molecular weight excluding hydrogens is 313 g/mol. The normalized spacial score (nSPS) is 17.8. The average Bonchev–Trinajstić information content (AvgIpc) is 2.59. The minimum Gasteiger partial charge on any atom is -0.334 e. The lowest BCUT2D eigenvalue weighted by Gasteiger charge is -2.18. The Labute approximate surface area is 145 Å². The first-order chi connectivity index (χ1) is 11.5. The second-order valence-electron chi connectivity index (χ2n) is 6.30. The average molecular weight is 335 g/mol. The molecule has 0 aliphatic carbocycles. The van der Waals surface area contributed by atoms with Crippen molar-refractivity contribution in [2.24, 2.45) is 0 Å². The van der Waals surface area contributed by atoms with Crippen LogP contribution in [0.1, 0.15) is 27.8 Å². The first-order valence-electron chi connectivity index (χ1n) is 8.12. The standard InChI is InChI=1S/C21H22NOP/c1-14-4-8-18(9-5-14)16(3)20-13-17(7-6-15(20)2)12-19-10-11-21(23)22-24-19/h4-11,13,19,24H,3,12H2,1-2H3,(H,22,23). The van der Waals surface area contributed by atoms with Crippen LogP contribution in [0.3, 0.4) is 0 Å². The molecule has 0 bridgehead atoms. The van der Waals surface area contributed by atoms with Crippen molar-refractivity contribution in [2.75, 3.05) is 0 Å². The monoisotopic (exact) mass is 335 g/mol. The zero-order valence-corrected chi connectivity index (χ0v) is 15.1. The van der Waals surface area contributed by atoms with E-state index in [-0.39, 0.29) is 5.91 Å². The van der Waals surface area contributed by atoms with Crippen molar-refractivity contribution >= 4 is 20.2 Å². The minimum atomic E-state index is 0.0157. The van der Waals surface area contributed by atoms with E-state index < -0.39 is 0 Å². The summed E-state index contributed by atoms with van der Waals surface area (Å²) in [7, 11) is 0.450. The molecule has 1 aliphatic rings. The smallest absolute Gasteiger partial charge is 0.246 e. The van der Waals surface area contributed by atoms with Gasteiger partial charge in [-0.25, -0.2) is 0 Å². The molecule has 1 N–H and O–H groups in total. The summed E-state index contributed by atoms with van der Waals surface area (Å²) < 4.78 is 0. The summed E-state index contributed by atoms with van der Waals surface area (Å²) in [5.41, 5.74) is 7.57. The van der Waals surface area contributed by atoms with Gasteiger partial charge in [0, 0.05) is 5.66 Å². The van der Waals surface area contributed by atoms with E-state index in [9.17, 15) is 4.79 Å². The lowest BCUT2D eigenvalue weighted by molar-refractivity contribution is -0.114.